The highest BCUT2D eigenvalue weighted by Gasteiger charge is 2.49. The average Bonchev–Trinajstić information content (AvgIpc) is 2.98. The molecular weight excluding hydrogens is 264 g/mol. The predicted octanol–water partition coefficient (Wildman–Crippen LogP) is 2.89. The molecule has 0 radical (unpaired) electrons. The van der Waals surface area contributed by atoms with Crippen molar-refractivity contribution in [2.45, 2.75) is 31.2 Å². The standard InChI is InChI=1S/C13H19BrN2/c1-9(15)13(7-8-13)12-10(14)5-4-6-11(12)16(2)3/h4-6,9H,7-8,15H2,1-3H3. The summed E-state index contributed by atoms with van der Waals surface area (Å²) < 4.78 is 1.19. The maximum Gasteiger partial charge on any atom is 0.0411 e. The highest BCUT2D eigenvalue weighted by molar-refractivity contribution is 9.10. The summed E-state index contributed by atoms with van der Waals surface area (Å²) in [5, 5.41) is 0. The molecule has 0 aliphatic heterocycles. The molecule has 2 nitrogen and oxygen atoms in total. The Morgan fingerprint density at radius 1 is 1.38 bits per heavy atom. The van der Waals surface area contributed by atoms with E-state index in [-0.39, 0.29) is 11.5 Å². The summed E-state index contributed by atoms with van der Waals surface area (Å²) in [5.74, 6) is 0. The second kappa shape index (κ2) is 4.04. The summed E-state index contributed by atoms with van der Waals surface area (Å²) in [6.07, 6.45) is 2.40. The Labute approximate surface area is 106 Å². The van der Waals surface area contributed by atoms with Gasteiger partial charge in [-0.15, -0.1) is 0 Å². The smallest absolute Gasteiger partial charge is 0.0411 e. The zero-order valence-corrected chi connectivity index (χ0v) is 11.7. The second-order valence-electron chi connectivity index (χ2n) is 4.97. The summed E-state index contributed by atoms with van der Waals surface area (Å²) >= 11 is 3.68. The maximum atomic E-state index is 6.16. The quantitative estimate of drug-likeness (QED) is 0.924. The van der Waals surface area contributed by atoms with Gasteiger partial charge in [0.15, 0.2) is 0 Å². The fourth-order valence-corrected chi connectivity index (χ4v) is 3.20. The summed E-state index contributed by atoms with van der Waals surface area (Å²) in [4.78, 5) is 2.17. The lowest BCUT2D eigenvalue weighted by Gasteiger charge is -2.27. The summed E-state index contributed by atoms with van der Waals surface area (Å²) in [6, 6.07) is 6.58. The van der Waals surface area contributed by atoms with Crippen molar-refractivity contribution in [1.82, 2.24) is 0 Å². The van der Waals surface area contributed by atoms with E-state index in [1.807, 2.05) is 0 Å². The molecule has 2 rings (SSSR count). The van der Waals surface area contributed by atoms with Crippen LogP contribution < -0.4 is 10.6 Å². The van der Waals surface area contributed by atoms with Crippen molar-refractivity contribution in [3.8, 4) is 0 Å². The first kappa shape index (κ1) is 11.9. The van der Waals surface area contributed by atoms with E-state index in [0.717, 1.165) is 0 Å². The number of nitrogens with zero attached hydrogens (tertiary/aromatic N) is 1. The molecule has 1 aliphatic carbocycles. The maximum absolute atomic E-state index is 6.16. The Hall–Kier alpha value is -0.540. The van der Waals surface area contributed by atoms with E-state index < -0.39 is 0 Å². The van der Waals surface area contributed by atoms with Gasteiger partial charge in [-0.05, 0) is 37.5 Å². The minimum Gasteiger partial charge on any atom is -0.377 e. The van der Waals surface area contributed by atoms with E-state index in [2.05, 4.69) is 60.0 Å². The van der Waals surface area contributed by atoms with Crippen LogP contribution in [0.2, 0.25) is 0 Å². The number of hydrogen-bond donors (Lipinski definition) is 1. The van der Waals surface area contributed by atoms with Crippen molar-refractivity contribution < 1.29 is 0 Å². The molecule has 0 bridgehead atoms. The van der Waals surface area contributed by atoms with Crippen molar-refractivity contribution in [3.05, 3.63) is 28.2 Å². The van der Waals surface area contributed by atoms with Gasteiger partial charge in [-0.25, -0.2) is 0 Å². The first-order valence-corrected chi connectivity index (χ1v) is 6.50. The lowest BCUT2D eigenvalue weighted by atomic mass is 9.88. The van der Waals surface area contributed by atoms with E-state index in [4.69, 9.17) is 5.73 Å². The number of benzene rings is 1. The highest BCUT2D eigenvalue weighted by Crippen LogP contribution is 2.55. The van der Waals surface area contributed by atoms with Gasteiger partial charge < -0.3 is 10.6 Å². The van der Waals surface area contributed by atoms with Crippen LogP contribution in [0.3, 0.4) is 0 Å². The summed E-state index contributed by atoms with van der Waals surface area (Å²) in [6.45, 7) is 2.12. The van der Waals surface area contributed by atoms with Crippen molar-refractivity contribution in [2.24, 2.45) is 5.73 Å². The molecule has 1 aromatic carbocycles. The molecule has 1 aliphatic rings. The molecule has 1 fully saturated rings. The molecule has 0 spiro atoms. The van der Waals surface area contributed by atoms with Crippen LogP contribution in [0.4, 0.5) is 5.69 Å². The molecule has 2 N–H and O–H groups in total. The molecule has 0 heterocycles. The fourth-order valence-electron chi connectivity index (χ4n) is 2.45. The largest absolute Gasteiger partial charge is 0.377 e. The zero-order chi connectivity index (χ0) is 11.9. The van der Waals surface area contributed by atoms with Crippen molar-refractivity contribution >= 4 is 21.6 Å². The molecule has 0 aromatic heterocycles. The highest BCUT2D eigenvalue weighted by atomic mass is 79.9. The van der Waals surface area contributed by atoms with E-state index in [1.54, 1.807) is 0 Å². The Bertz CT molecular complexity index is 395. The first-order valence-electron chi connectivity index (χ1n) is 5.71. The van der Waals surface area contributed by atoms with Crippen LogP contribution in [-0.4, -0.2) is 20.1 Å². The fraction of sp³-hybridized carbons (Fsp3) is 0.538. The van der Waals surface area contributed by atoms with E-state index >= 15 is 0 Å². The number of nitrogens with two attached hydrogens (primary N) is 1. The van der Waals surface area contributed by atoms with Crippen LogP contribution in [0, 0.1) is 0 Å². The van der Waals surface area contributed by atoms with Crippen LogP contribution in [0.25, 0.3) is 0 Å². The SMILES string of the molecule is CC(N)C1(c2c(Br)cccc2N(C)C)CC1. The third-order valence-corrected chi connectivity index (χ3v) is 4.29. The lowest BCUT2D eigenvalue weighted by molar-refractivity contribution is 0.554. The van der Waals surface area contributed by atoms with Gasteiger partial charge in [-0.3, -0.25) is 0 Å². The molecule has 0 saturated heterocycles. The van der Waals surface area contributed by atoms with Gasteiger partial charge in [0, 0.05) is 35.7 Å². The minimum absolute atomic E-state index is 0.194. The van der Waals surface area contributed by atoms with E-state index in [9.17, 15) is 0 Å². The number of rotatable bonds is 3. The molecule has 0 amide bonds. The van der Waals surface area contributed by atoms with Gasteiger partial charge in [-0.2, -0.15) is 0 Å². The molecule has 1 saturated carbocycles. The third kappa shape index (κ3) is 1.76. The van der Waals surface area contributed by atoms with E-state index in [1.165, 1.54) is 28.6 Å². The van der Waals surface area contributed by atoms with Crippen molar-refractivity contribution in [3.63, 3.8) is 0 Å². The number of anilines is 1. The number of halogens is 1. The normalized spacial score (nSPS) is 19.3. The predicted molar refractivity (Wildman–Crippen MR) is 73.0 cm³/mol. The lowest BCUT2D eigenvalue weighted by Crippen LogP contribution is -2.33. The zero-order valence-electron chi connectivity index (χ0n) is 10.1. The van der Waals surface area contributed by atoms with Crippen LogP contribution >= 0.6 is 15.9 Å². The van der Waals surface area contributed by atoms with Gasteiger partial charge in [-0.1, -0.05) is 22.0 Å². The van der Waals surface area contributed by atoms with Crippen LogP contribution in [0.1, 0.15) is 25.3 Å². The molecule has 1 aromatic rings. The van der Waals surface area contributed by atoms with Gasteiger partial charge in [0.25, 0.3) is 0 Å². The summed E-state index contributed by atoms with van der Waals surface area (Å²) in [5.41, 5.74) is 9.02. The molecule has 3 heteroatoms. The van der Waals surface area contributed by atoms with Crippen LogP contribution in [-0.2, 0) is 5.41 Å². The Balaban J connectivity index is 2.55. The van der Waals surface area contributed by atoms with Gasteiger partial charge >= 0.3 is 0 Å². The Kier molecular flexibility index (Phi) is 3.01. The van der Waals surface area contributed by atoms with Gasteiger partial charge in [0.05, 0.1) is 0 Å². The molecule has 1 atom stereocenters. The van der Waals surface area contributed by atoms with Gasteiger partial charge in [0.2, 0.25) is 0 Å². The van der Waals surface area contributed by atoms with Crippen molar-refractivity contribution in [2.75, 3.05) is 19.0 Å². The third-order valence-electron chi connectivity index (χ3n) is 3.63. The Morgan fingerprint density at radius 3 is 2.44 bits per heavy atom. The second-order valence-corrected chi connectivity index (χ2v) is 5.83. The molecular formula is C13H19BrN2. The van der Waals surface area contributed by atoms with E-state index in [0.29, 0.717) is 0 Å². The topological polar surface area (TPSA) is 29.3 Å². The molecule has 1 unspecified atom stereocenters. The summed E-state index contributed by atoms with van der Waals surface area (Å²) in [7, 11) is 4.17. The first-order chi connectivity index (χ1) is 7.49. The van der Waals surface area contributed by atoms with Crippen LogP contribution in [0.15, 0.2) is 22.7 Å². The average molecular weight is 283 g/mol. The minimum atomic E-state index is 0.194. The number of hydrogen-bond acceptors (Lipinski definition) is 2. The monoisotopic (exact) mass is 282 g/mol. The molecule has 16 heavy (non-hydrogen) atoms. The Morgan fingerprint density at radius 2 is 2.00 bits per heavy atom. The molecule has 88 valence electrons. The van der Waals surface area contributed by atoms with Crippen molar-refractivity contribution in [1.29, 1.82) is 0 Å². The van der Waals surface area contributed by atoms with Crippen LogP contribution in [0.5, 0.6) is 0 Å². The van der Waals surface area contributed by atoms with Gasteiger partial charge in [0.1, 0.15) is 0 Å².